The Labute approximate surface area is 97.2 Å². The van der Waals surface area contributed by atoms with Gasteiger partial charge in [-0.25, -0.2) is 4.79 Å². The number of rotatable bonds is 2. The summed E-state index contributed by atoms with van der Waals surface area (Å²) in [6.45, 7) is 0.507. The summed E-state index contributed by atoms with van der Waals surface area (Å²) in [6.07, 6.45) is -4.40. The van der Waals surface area contributed by atoms with E-state index < -0.39 is 18.8 Å². The first-order chi connectivity index (χ1) is 7.79. The molecule has 0 unspecified atom stereocenters. The van der Waals surface area contributed by atoms with Crippen LogP contribution in [0.5, 0.6) is 0 Å². The maximum Gasteiger partial charge on any atom is 0.405 e. The third-order valence-corrected chi connectivity index (χ3v) is 2.13. The Bertz CT molecular complexity index is 404. The van der Waals surface area contributed by atoms with Crippen LogP contribution in [0.4, 0.5) is 23.7 Å². The van der Waals surface area contributed by atoms with E-state index in [1.165, 1.54) is 7.05 Å². The van der Waals surface area contributed by atoms with Gasteiger partial charge in [0.05, 0.1) is 0 Å². The van der Waals surface area contributed by atoms with E-state index in [1.807, 2.05) is 13.0 Å². The van der Waals surface area contributed by atoms with Gasteiger partial charge in [0.25, 0.3) is 0 Å². The summed E-state index contributed by atoms with van der Waals surface area (Å²) in [5.41, 5.74) is 1.47. The molecule has 0 saturated heterocycles. The minimum atomic E-state index is -4.40. The van der Waals surface area contributed by atoms with Crippen LogP contribution in [0.3, 0.4) is 0 Å². The van der Waals surface area contributed by atoms with Gasteiger partial charge in [0.1, 0.15) is 6.54 Å². The fraction of sp³-hybridized carbons (Fsp3) is 0.364. The number of urea groups is 1. The van der Waals surface area contributed by atoms with Crippen LogP contribution in [-0.2, 0) is 0 Å². The minimum Gasteiger partial charge on any atom is -0.329 e. The molecule has 0 aliphatic carbocycles. The Morgan fingerprint density at radius 1 is 1.41 bits per heavy atom. The van der Waals surface area contributed by atoms with Crippen molar-refractivity contribution in [3.05, 3.63) is 29.8 Å². The molecule has 3 nitrogen and oxygen atoms in total. The molecule has 0 aliphatic heterocycles. The zero-order valence-corrected chi connectivity index (χ0v) is 9.51. The molecule has 0 aromatic heterocycles. The van der Waals surface area contributed by atoms with Crippen LogP contribution in [0.1, 0.15) is 5.56 Å². The van der Waals surface area contributed by atoms with Crippen molar-refractivity contribution in [3.63, 3.8) is 0 Å². The molecule has 2 amide bonds. The van der Waals surface area contributed by atoms with E-state index in [4.69, 9.17) is 0 Å². The smallest absolute Gasteiger partial charge is 0.329 e. The van der Waals surface area contributed by atoms with Crippen LogP contribution in [0, 0.1) is 6.92 Å². The number of hydrogen-bond donors (Lipinski definition) is 1. The molecule has 0 spiro atoms. The van der Waals surface area contributed by atoms with Gasteiger partial charge in [0.2, 0.25) is 0 Å². The number of nitrogens with zero attached hydrogens (tertiary/aromatic N) is 1. The lowest BCUT2D eigenvalue weighted by atomic mass is 10.2. The normalized spacial score (nSPS) is 11.1. The Morgan fingerprint density at radius 2 is 2.06 bits per heavy atom. The molecule has 17 heavy (non-hydrogen) atoms. The molecule has 1 aromatic rings. The number of carbonyl (C=O) groups is 1. The summed E-state index contributed by atoms with van der Waals surface area (Å²) >= 11 is 0. The predicted molar refractivity (Wildman–Crippen MR) is 59.0 cm³/mol. The van der Waals surface area contributed by atoms with Crippen LogP contribution >= 0.6 is 0 Å². The highest BCUT2D eigenvalue weighted by atomic mass is 19.4. The standard InChI is InChI=1S/C11H13F3N2O/c1-8-4-3-5-9(6-8)16(2)10(17)15-7-11(12,13)14/h3-6H,7H2,1-2H3,(H,15,17). The molecule has 1 N–H and O–H groups in total. The zero-order valence-electron chi connectivity index (χ0n) is 9.51. The first kappa shape index (κ1) is 13.3. The quantitative estimate of drug-likeness (QED) is 0.854. The largest absolute Gasteiger partial charge is 0.405 e. The third kappa shape index (κ3) is 4.34. The molecule has 6 heteroatoms. The highest BCUT2D eigenvalue weighted by molar-refractivity contribution is 5.91. The SMILES string of the molecule is Cc1cccc(N(C)C(=O)NCC(F)(F)F)c1. The van der Waals surface area contributed by atoms with E-state index in [2.05, 4.69) is 0 Å². The fourth-order valence-corrected chi connectivity index (χ4v) is 1.25. The van der Waals surface area contributed by atoms with E-state index in [-0.39, 0.29) is 0 Å². The zero-order chi connectivity index (χ0) is 13.1. The highest BCUT2D eigenvalue weighted by Crippen LogP contribution is 2.15. The maximum atomic E-state index is 11.9. The van der Waals surface area contributed by atoms with Gasteiger partial charge in [-0.2, -0.15) is 13.2 Å². The summed E-state index contributed by atoms with van der Waals surface area (Å²) in [7, 11) is 1.42. The molecule has 1 rings (SSSR count). The molecule has 0 atom stereocenters. The van der Waals surface area contributed by atoms with E-state index in [0.717, 1.165) is 10.5 Å². The maximum absolute atomic E-state index is 11.9. The van der Waals surface area contributed by atoms with Gasteiger partial charge in [0.15, 0.2) is 0 Å². The van der Waals surface area contributed by atoms with E-state index in [9.17, 15) is 18.0 Å². The molecule has 0 saturated carbocycles. The van der Waals surface area contributed by atoms with Crippen molar-refractivity contribution in [2.45, 2.75) is 13.1 Å². The number of anilines is 1. The number of amides is 2. The fourth-order valence-electron chi connectivity index (χ4n) is 1.25. The van der Waals surface area contributed by atoms with Crippen LogP contribution in [0.15, 0.2) is 24.3 Å². The lowest BCUT2D eigenvalue weighted by molar-refractivity contribution is -0.122. The number of halogens is 3. The van der Waals surface area contributed by atoms with Crippen molar-refractivity contribution in [2.75, 3.05) is 18.5 Å². The molecular formula is C11H13F3N2O. The van der Waals surface area contributed by atoms with Crippen LogP contribution in [-0.4, -0.2) is 25.8 Å². The number of aryl methyl sites for hydroxylation is 1. The minimum absolute atomic E-state index is 0.546. The van der Waals surface area contributed by atoms with Crippen LogP contribution < -0.4 is 10.2 Å². The topological polar surface area (TPSA) is 32.3 Å². The number of nitrogens with one attached hydrogen (secondary N) is 1. The van der Waals surface area contributed by atoms with Gasteiger partial charge < -0.3 is 5.32 Å². The highest BCUT2D eigenvalue weighted by Gasteiger charge is 2.28. The third-order valence-electron chi connectivity index (χ3n) is 2.13. The van der Waals surface area contributed by atoms with Crippen molar-refractivity contribution in [1.82, 2.24) is 5.32 Å². The Hall–Kier alpha value is -1.72. The van der Waals surface area contributed by atoms with Gasteiger partial charge in [-0.05, 0) is 24.6 Å². The molecule has 0 heterocycles. The van der Waals surface area contributed by atoms with Crippen molar-refractivity contribution in [3.8, 4) is 0 Å². The first-order valence-electron chi connectivity index (χ1n) is 4.94. The van der Waals surface area contributed by atoms with Gasteiger partial charge in [-0.3, -0.25) is 4.90 Å². The molecule has 0 radical (unpaired) electrons. The summed E-state index contributed by atoms with van der Waals surface area (Å²) in [4.78, 5) is 12.6. The van der Waals surface area contributed by atoms with E-state index >= 15 is 0 Å². The molecule has 1 aromatic carbocycles. The second-order valence-electron chi connectivity index (χ2n) is 3.67. The number of hydrogen-bond acceptors (Lipinski definition) is 1. The van der Waals surface area contributed by atoms with E-state index in [1.54, 1.807) is 23.5 Å². The number of alkyl halides is 3. The van der Waals surface area contributed by atoms with Gasteiger partial charge >= 0.3 is 12.2 Å². The summed E-state index contributed by atoms with van der Waals surface area (Å²) in [6, 6.07) is 6.16. The predicted octanol–water partition coefficient (Wildman–Crippen LogP) is 2.70. The van der Waals surface area contributed by atoms with Crippen molar-refractivity contribution in [2.24, 2.45) is 0 Å². The number of benzene rings is 1. The van der Waals surface area contributed by atoms with Gasteiger partial charge in [0, 0.05) is 12.7 Å². The van der Waals surface area contributed by atoms with Crippen LogP contribution in [0.25, 0.3) is 0 Å². The Morgan fingerprint density at radius 3 is 2.59 bits per heavy atom. The molecule has 94 valence electrons. The molecule has 0 bridgehead atoms. The van der Waals surface area contributed by atoms with Crippen LogP contribution in [0.2, 0.25) is 0 Å². The average Bonchev–Trinajstić information content (AvgIpc) is 2.24. The van der Waals surface area contributed by atoms with Gasteiger partial charge in [-0.15, -0.1) is 0 Å². The van der Waals surface area contributed by atoms with Crippen molar-refractivity contribution < 1.29 is 18.0 Å². The second-order valence-corrected chi connectivity index (χ2v) is 3.67. The van der Waals surface area contributed by atoms with Crippen molar-refractivity contribution in [1.29, 1.82) is 0 Å². The lowest BCUT2D eigenvalue weighted by Gasteiger charge is -2.19. The monoisotopic (exact) mass is 246 g/mol. The average molecular weight is 246 g/mol. The second kappa shape index (κ2) is 5.07. The first-order valence-corrected chi connectivity index (χ1v) is 4.94. The summed E-state index contributed by atoms with van der Waals surface area (Å²) in [5, 5.41) is 1.80. The Balaban J connectivity index is 2.64. The molecular weight excluding hydrogens is 233 g/mol. The lowest BCUT2D eigenvalue weighted by Crippen LogP contribution is -2.41. The molecule has 0 aliphatic rings. The number of carbonyl (C=O) groups excluding carboxylic acids is 1. The molecule has 0 fully saturated rings. The summed E-state index contributed by atoms with van der Waals surface area (Å²) < 4.78 is 35.7. The summed E-state index contributed by atoms with van der Waals surface area (Å²) in [5.74, 6) is 0. The Kier molecular flexibility index (Phi) is 3.98. The van der Waals surface area contributed by atoms with Gasteiger partial charge in [-0.1, -0.05) is 12.1 Å². The van der Waals surface area contributed by atoms with Crippen molar-refractivity contribution >= 4 is 11.7 Å². The van der Waals surface area contributed by atoms with E-state index in [0.29, 0.717) is 5.69 Å².